The molecule has 1 aromatic rings. The van der Waals surface area contributed by atoms with Gasteiger partial charge in [-0.25, -0.2) is 4.98 Å². The molecule has 1 aliphatic heterocycles. The number of aryl methyl sites for hydroxylation is 1. The number of aromatic nitrogens is 2. The molecule has 6 heteroatoms. The van der Waals surface area contributed by atoms with Gasteiger partial charge < -0.3 is 14.7 Å². The standard InChI is InChI=1S/C15H23N3O3/c1-12-13(17-8-7-16-12)18-9-3-5-15(11-18,14(19)20)6-4-10-21-2/h7-8H,3-6,9-11H2,1-2H3,(H,19,20)/t15-/m1/s1. The maximum absolute atomic E-state index is 11.8. The van der Waals surface area contributed by atoms with Crippen LogP contribution in [0.2, 0.25) is 0 Å². The first-order chi connectivity index (χ1) is 10.1. The third-order valence-electron chi connectivity index (χ3n) is 4.19. The first kappa shape index (κ1) is 15.7. The number of carbonyl (C=O) groups is 1. The van der Waals surface area contributed by atoms with Crippen molar-refractivity contribution >= 4 is 11.8 Å². The number of nitrogens with zero attached hydrogens (tertiary/aromatic N) is 3. The summed E-state index contributed by atoms with van der Waals surface area (Å²) in [6, 6.07) is 0. The van der Waals surface area contributed by atoms with Gasteiger partial charge in [0.1, 0.15) is 5.82 Å². The van der Waals surface area contributed by atoms with Crippen molar-refractivity contribution < 1.29 is 14.6 Å². The lowest BCUT2D eigenvalue weighted by atomic mass is 9.76. The van der Waals surface area contributed by atoms with Crippen LogP contribution in [0, 0.1) is 12.3 Å². The predicted octanol–water partition coefficient (Wildman–Crippen LogP) is 1.88. The lowest BCUT2D eigenvalue weighted by Crippen LogP contribution is -2.48. The number of carboxylic acid groups (broad SMARTS) is 1. The summed E-state index contributed by atoms with van der Waals surface area (Å²) < 4.78 is 5.06. The van der Waals surface area contributed by atoms with Crippen LogP contribution in [0.1, 0.15) is 31.4 Å². The summed E-state index contributed by atoms with van der Waals surface area (Å²) in [6.45, 7) is 3.83. The van der Waals surface area contributed by atoms with Crippen molar-refractivity contribution in [1.29, 1.82) is 0 Å². The quantitative estimate of drug-likeness (QED) is 0.807. The highest BCUT2D eigenvalue weighted by Gasteiger charge is 2.42. The minimum absolute atomic E-state index is 0.492. The van der Waals surface area contributed by atoms with E-state index in [1.807, 2.05) is 6.92 Å². The van der Waals surface area contributed by atoms with Gasteiger partial charge in [-0.2, -0.15) is 0 Å². The molecule has 116 valence electrons. The molecule has 2 rings (SSSR count). The van der Waals surface area contributed by atoms with Crippen molar-refractivity contribution in [1.82, 2.24) is 9.97 Å². The van der Waals surface area contributed by atoms with Crippen LogP contribution >= 0.6 is 0 Å². The van der Waals surface area contributed by atoms with E-state index in [0.29, 0.717) is 26.0 Å². The fourth-order valence-electron chi connectivity index (χ4n) is 3.06. The number of aliphatic carboxylic acids is 1. The van der Waals surface area contributed by atoms with Gasteiger partial charge >= 0.3 is 5.97 Å². The Labute approximate surface area is 125 Å². The number of piperidine rings is 1. The van der Waals surface area contributed by atoms with Crippen LogP contribution in [-0.2, 0) is 9.53 Å². The molecule has 1 saturated heterocycles. The van der Waals surface area contributed by atoms with Gasteiger partial charge in [0.15, 0.2) is 0 Å². The van der Waals surface area contributed by atoms with Gasteiger partial charge in [0.2, 0.25) is 0 Å². The molecule has 6 nitrogen and oxygen atoms in total. The fraction of sp³-hybridized carbons (Fsp3) is 0.667. The predicted molar refractivity (Wildman–Crippen MR) is 79.4 cm³/mol. The van der Waals surface area contributed by atoms with Gasteiger partial charge in [-0.05, 0) is 32.6 Å². The monoisotopic (exact) mass is 293 g/mol. The molecular weight excluding hydrogens is 270 g/mol. The number of hydrogen-bond acceptors (Lipinski definition) is 5. The molecule has 1 aliphatic rings. The van der Waals surface area contributed by atoms with Crippen LogP contribution in [0.25, 0.3) is 0 Å². The summed E-state index contributed by atoms with van der Waals surface area (Å²) in [5.41, 5.74) is 0.136. The zero-order valence-electron chi connectivity index (χ0n) is 12.7. The van der Waals surface area contributed by atoms with Crippen molar-refractivity contribution in [3.8, 4) is 0 Å². The molecule has 0 amide bonds. The Balaban J connectivity index is 2.16. The number of anilines is 1. The smallest absolute Gasteiger partial charge is 0.311 e. The first-order valence-corrected chi connectivity index (χ1v) is 7.34. The molecule has 0 bridgehead atoms. The molecule has 0 saturated carbocycles. The summed E-state index contributed by atoms with van der Waals surface area (Å²) in [5.74, 6) is 0.0828. The van der Waals surface area contributed by atoms with Crippen molar-refractivity contribution in [2.24, 2.45) is 5.41 Å². The molecule has 21 heavy (non-hydrogen) atoms. The van der Waals surface area contributed by atoms with Crippen molar-refractivity contribution in [2.75, 3.05) is 31.7 Å². The minimum Gasteiger partial charge on any atom is -0.481 e. The molecule has 2 heterocycles. The topological polar surface area (TPSA) is 75.6 Å². The lowest BCUT2D eigenvalue weighted by molar-refractivity contribution is -0.150. The Morgan fingerprint density at radius 2 is 2.24 bits per heavy atom. The Bertz CT molecular complexity index is 495. The summed E-state index contributed by atoms with van der Waals surface area (Å²) in [6.07, 6.45) is 6.27. The second-order valence-electron chi connectivity index (χ2n) is 5.67. The van der Waals surface area contributed by atoms with Gasteiger partial charge in [-0.3, -0.25) is 9.78 Å². The van der Waals surface area contributed by atoms with E-state index in [1.165, 1.54) is 0 Å². The second kappa shape index (κ2) is 6.85. The molecule has 0 aromatic carbocycles. The molecule has 1 atom stereocenters. The maximum atomic E-state index is 11.8. The number of hydrogen-bond donors (Lipinski definition) is 1. The van der Waals surface area contributed by atoms with Crippen molar-refractivity contribution in [3.63, 3.8) is 0 Å². The number of methoxy groups -OCH3 is 1. The van der Waals surface area contributed by atoms with E-state index in [0.717, 1.165) is 30.9 Å². The average molecular weight is 293 g/mol. The highest BCUT2D eigenvalue weighted by molar-refractivity contribution is 5.76. The molecule has 0 spiro atoms. The zero-order chi connectivity index (χ0) is 15.3. The average Bonchev–Trinajstić information content (AvgIpc) is 2.48. The minimum atomic E-state index is -0.718. The largest absolute Gasteiger partial charge is 0.481 e. The Morgan fingerprint density at radius 1 is 1.48 bits per heavy atom. The van der Waals surface area contributed by atoms with Crippen molar-refractivity contribution in [2.45, 2.75) is 32.6 Å². The van der Waals surface area contributed by atoms with Crippen molar-refractivity contribution in [3.05, 3.63) is 18.1 Å². The van der Waals surface area contributed by atoms with Crippen LogP contribution < -0.4 is 4.90 Å². The molecule has 0 radical (unpaired) electrons. The molecule has 1 aromatic heterocycles. The second-order valence-corrected chi connectivity index (χ2v) is 5.67. The Hall–Kier alpha value is -1.69. The normalized spacial score (nSPS) is 22.3. The summed E-state index contributed by atoms with van der Waals surface area (Å²) in [4.78, 5) is 22.5. The van der Waals surface area contributed by atoms with E-state index < -0.39 is 11.4 Å². The molecule has 0 aliphatic carbocycles. The van der Waals surface area contributed by atoms with E-state index in [-0.39, 0.29) is 0 Å². The van der Waals surface area contributed by atoms with Crippen LogP contribution in [0.5, 0.6) is 0 Å². The van der Waals surface area contributed by atoms with Gasteiger partial charge in [0, 0.05) is 39.2 Å². The molecule has 1 N–H and O–H groups in total. The van der Waals surface area contributed by atoms with Crippen LogP contribution in [-0.4, -0.2) is 47.8 Å². The van der Waals surface area contributed by atoms with E-state index >= 15 is 0 Å². The Kier molecular flexibility index (Phi) is 5.12. The number of carboxylic acids is 1. The third-order valence-corrected chi connectivity index (χ3v) is 4.19. The van der Waals surface area contributed by atoms with E-state index in [2.05, 4.69) is 14.9 Å². The SMILES string of the molecule is COCCC[C@]1(C(=O)O)CCCN(c2nccnc2C)C1. The highest BCUT2D eigenvalue weighted by atomic mass is 16.5. The van der Waals surface area contributed by atoms with Crippen LogP contribution in [0.3, 0.4) is 0 Å². The van der Waals surface area contributed by atoms with Crippen LogP contribution in [0.4, 0.5) is 5.82 Å². The fourth-order valence-corrected chi connectivity index (χ4v) is 3.06. The summed E-state index contributed by atoms with van der Waals surface area (Å²) in [5, 5.41) is 9.72. The lowest BCUT2D eigenvalue weighted by Gasteiger charge is -2.40. The maximum Gasteiger partial charge on any atom is 0.311 e. The first-order valence-electron chi connectivity index (χ1n) is 7.34. The molecular formula is C15H23N3O3. The van der Waals surface area contributed by atoms with Gasteiger partial charge in [-0.15, -0.1) is 0 Å². The molecule has 0 unspecified atom stereocenters. The highest BCUT2D eigenvalue weighted by Crippen LogP contribution is 2.36. The Morgan fingerprint density at radius 3 is 2.90 bits per heavy atom. The van der Waals surface area contributed by atoms with E-state index in [9.17, 15) is 9.90 Å². The van der Waals surface area contributed by atoms with E-state index in [1.54, 1.807) is 19.5 Å². The van der Waals surface area contributed by atoms with Gasteiger partial charge in [0.25, 0.3) is 0 Å². The summed E-state index contributed by atoms with van der Waals surface area (Å²) in [7, 11) is 1.64. The summed E-state index contributed by atoms with van der Waals surface area (Å²) >= 11 is 0. The zero-order valence-corrected chi connectivity index (χ0v) is 12.7. The molecule has 1 fully saturated rings. The third kappa shape index (κ3) is 3.50. The van der Waals surface area contributed by atoms with E-state index in [4.69, 9.17) is 4.74 Å². The van der Waals surface area contributed by atoms with Crippen LogP contribution in [0.15, 0.2) is 12.4 Å². The number of ether oxygens (including phenoxy) is 1. The number of rotatable bonds is 6. The van der Waals surface area contributed by atoms with Gasteiger partial charge in [-0.1, -0.05) is 0 Å². The van der Waals surface area contributed by atoms with Gasteiger partial charge in [0.05, 0.1) is 11.1 Å².